The molecule has 0 spiro atoms. The van der Waals surface area contributed by atoms with Crippen molar-refractivity contribution in [3.05, 3.63) is 41.5 Å². The topological polar surface area (TPSA) is 76.0 Å². The Labute approximate surface area is 167 Å². The van der Waals surface area contributed by atoms with Crippen LogP contribution >= 0.6 is 0 Å². The average molecular weight is 389 g/mol. The molecule has 154 valence electrons. The van der Waals surface area contributed by atoms with E-state index in [1.54, 1.807) is 31.4 Å². The largest absolute Gasteiger partial charge is 0.497 e. The lowest BCUT2D eigenvalue weighted by Crippen LogP contribution is -2.52. The zero-order chi connectivity index (χ0) is 20.7. The molecule has 0 aliphatic heterocycles. The number of carbonyl (C=O) groups excluding carboxylic acids is 1. The van der Waals surface area contributed by atoms with Gasteiger partial charge in [0.2, 0.25) is 0 Å². The summed E-state index contributed by atoms with van der Waals surface area (Å²) in [5, 5.41) is 22.4. The molecule has 5 atom stereocenters. The van der Waals surface area contributed by atoms with Crippen LogP contribution in [-0.4, -0.2) is 41.1 Å². The van der Waals surface area contributed by atoms with Crippen LogP contribution in [-0.2, 0) is 4.74 Å². The van der Waals surface area contributed by atoms with Crippen LogP contribution in [0.5, 0.6) is 5.75 Å². The number of aliphatic hydroxyl groups is 2. The van der Waals surface area contributed by atoms with Crippen molar-refractivity contribution in [1.82, 2.24) is 0 Å². The first-order valence-corrected chi connectivity index (χ1v) is 10.0. The molecule has 0 bridgehead atoms. The van der Waals surface area contributed by atoms with Crippen LogP contribution in [0.3, 0.4) is 0 Å². The number of benzene rings is 1. The van der Waals surface area contributed by atoms with Crippen LogP contribution in [0.4, 0.5) is 0 Å². The van der Waals surface area contributed by atoms with E-state index in [0.717, 1.165) is 5.57 Å². The maximum absolute atomic E-state index is 12.9. The molecular formula is C23H32O5. The van der Waals surface area contributed by atoms with E-state index in [2.05, 4.69) is 0 Å². The molecule has 5 unspecified atom stereocenters. The maximum Gasteiger partial charge on any atom is 0.338 e. The Morgan fingerprint density at radius 3 is 2.43 bits per heavy atom. The Bertz CT molecular complexity index is 753. The molecule has 0 radical (unpaired) electrons. The monoisotopic (exact) mass is 388 g/mol. The molecular weight excluding hydrogens is 356 g/mol. The lowest BCUT2D eigenvalue weighted by atomic mass is 9.66. The number of hydrogen-bond acceptors (Lipinski definition) is 5. The smallest absolute Gasteiger partial charge is 0.338 e. The molecule has 1 saturated carbocycles. The molecule has 0 amide bonds. The van der Waals surface area contributed by atoms with Gasteiger partial charge in [-0.25, -0.2) is 4.79 Å². The van der Waals surface area contributed by atoms with Gasteiger partial charge in [-0.15, -0.1) is 0 Å². The summed E-state index contributed by atoms with van der Waals surface area (Å²) in [7, 11) is 1.58. The van der Waals surface area contributed by atoms with Gasteiger partial charge >= 0.3 is 5.97 Å². The Morgan fingerprint density at radius 1 is 1.21 bits per heavy atom. The van der Waals surface area contributed by atoms with Gasteiger partial charge in [-0.3, -0.25) is 0 Å². The van der Waals surface area contributed by atoms with E-state index in [1.807, 2.05) is 33.8 Å². The first-order chi connectivity index (χ1) is 13.1. The molecule has 2 aliphatic carbocycles. The molecule has 1 aromatic carbocycles. The Balaban J connectivity index is 1.94. The van der Waals surface area contributed by atoms with Crippen molar-refractivity contribution in [1.29, 1.82) is 0 Å². The molecule has 3 rings (SSSR count). The van der Waals surface area contributed by atoms with Crippen molar-refractivity contribution in [3.8, 4) is 5.75 Å². The van der Waals surface area contributed by atoms with E-state index in [0.29, 0.717) is 30.6 Å². The zero-order valence-electron chi connectivity index (χ0n) is 17.4. The second-order valence-corrected chi connectivity index (χ2v) is 8.96. The summed E-state index contributed by atoms with van der Waals surface area (Å²) in [5.74, 6) is -0.0966. The highest BCUT2D eigenvalue weighted by atomic mass is 16.5. The van der Waals surface area contributed by atoms with E-state index < -0.39 is 29.2 Å². The predicted octanol–water partition coefficient (Wildman–Crippen LogP) is 3.73. The number of ether oxygens (including phenoxy) is 2. The third kappa shape index (κ3) is 3.46. The van der Waals surface area contributed by atoms with Gasteiger partial charge < -0.3 is 19.7 Å². The average Bonchev–Trinajstić information content (AvgIpc) is 2.89. The molecule has 5 heteroatoms. The summed E-state index contributed by atoms with van der Waals surface area (Å²) in [5.41, 5.74) is -0.109. The molecule has 0 heterocycles. The van der Waals surface area contributed by atoms with Gasteiger partial charge in [0.05, 0.1) is 24.4 Å². The fourth-order valence-electron chi connectivity index (χ4n) is 5.08. The van der Waals surface area contributed by atoms with Crippen LogP contribution in [0, 0.1) is 17.3 Å². The summed E-state index contributed by atoms with van der Waals surface area (Å²) in [4.78, 5) is 12.9. The second kappa shape index (κ2) is 7.53. The van der Waals surface area contributed by atoms with Crippen molar-refractivity contribution < 1.29 is 24.5 Å². The summed E-state index contributed by atoms with van der Waals surface area (Å²) in [6.45, 7) is 7.93. The molecule has 1 fully saturated rings. The van der Waals surface area contributed by atoms with E-state index >= 15 is 0 Å². The fraction of sp³-hybridized carbons (Fsp3) is 0.609. The van der Waals surface area contributed by atoms with Crippen molar-refractivity contribution in [2.45, 2.75) is 64.8 Å². The minimum absolute atomic E-state index is 0.00730. The van der Waals surface area contributed by atoms with Crippen molar-refractivity contribution in [2.75, 3.05) is 7.11 Å². The third-order valence-electron chi connectivity index (χ3n) is 6.91. The minimum atomic E-state index is -0.987. The van der Waals surface area contributed by atoms with E-state index in [1.165, 1.54) is 0 Å². The van der Waals surface area contributed by atoms with Gasteiger partial charge in [0.1, 0.15) is 11.9 Å². The Kier molecular flexibility index (Phi) is 5.61. The highest BCUT2D eigenvalue weighted by Gasteiger charge is 2.61. The number of carbonyl (C=O) groups is 1. The van der Waals surface area contributed by atoms with Crippen molar-refractivity contribution in [2.24, 2.45) is 17.3 Å². The molecule has 2 N–H and O–H groups in total. The summed E-state index contributed by atoms with van der Waals surface area (Å²) in [6.07, 6.45) is 2.48. The van der Waals surface area contributed by atoms with E-state index in [4.69, 9.17) is 9.47 Å². The number of aliphatic hydroxyl groups excluding tert-OH is 1. The van der Waals surface area contributed by atoms with Crippen LogP contribution in [0.25, 0.3) is 0 Å². The fourth-order valence-corrected chi connectivity index (χ4v) is 5.08. The van der Waals surface area contributed by atoms with Crippen LogP contribution in [0.2, 0.25) is 0 Å². The molecule has 2 aliphatic rings. The number of hydrogen-bond donors (Lipinski definition) is 2. The molecule has 0 aromatic heterocycles. The zero-order valence-corrected chi connectivity index (χ0v) is 17.4. The van der Waals surface area contributed by atoms with E-state index in [-0.39, 0.29) is 11.8 Å². The minimum Gasteiger partial charge on any atom is -0.497 e. The quantitative estimate of drug-likeness (QED) is 0.607. The molecule has 28 heavy (non-hydrogen) atoms. The Morgan fingerprint density at radius 2 is 1.86 bits per heavy atom. The van der Waals surface area contributed by atoms with Gasteiger partial charge in [-0.1, -0.05) is 32.4 Å². The number of methoxy groups -OCH3 is 1. The lowest BCUT2D eigenvalue weighted by molar-refractivity contribution is -0.127. The number of rotatable bonds is 4. The van der Waals surface area contributed by atoms with Gasteiger partial charge in [0, 0.05) is 17.8 Å². The maximum atomic E-state index is 12.9. The second-order valence-electron chi connectivity index (χ2n) is 8.96. The first kappa shape index (κ1) is 20.9. The van der Waals surface area contributed by atoms with Gasteiger partial charge in [-0.2, -0.15) is 0 Å². The van der Waals surface area contributed by atoms with Gasteiger partial charge in [0.25, 0.3) is 0 Å². The summed E-state index contributed by atoms with van der Waals surface area (Å²) in [6, 6.07) is 6.81. The van der Waals surface area contributed by atoms with Gasteiger partial charge in [-0.05, 0) is 49.9 Å². The highest BCUT2D eigenvalue weighted by molar-refractivity contribution is 5.89. The Hall–Kier alpha value is -1.85. The van der Waals surface area contributed by atoms with E-state index in [9.17, 15) is 15.0 Å². The summed E-state index contributed by atoms with van der Waals surface area (Å²) < 4.78 is 11.1. The number of fused-ring (bicyclic) bond motifs is 1. The molecule has 5 nitrogen and oxygen atoms in total. The predicted molar refractivity (Wildman–Crippen MR) is 107 cm³/mol. The van der Waals surface area contributed by atoms with Gasteiger partial charge in [0.15, 0.2) is 0 Å². The first-order valence-electron chi connectivity index (χ1n) is 10.0. The standard InChI is InChI=1S/C23H32O5/c1-14(2)23(26)11-10-22(4)19(24)13-15(3)12-18(20(22)23)28-21(25)16-6-8-17(27-5)9-7-16/h6-9,13-14,18-20,24,26H,10-12H2,1-5H3. The highest BCUT2D eigenvalue weighted by Crippen LogP contribution is 2.58. The van der Waals surface area contributed by atoms with Crippen molar-refractivity contribution >= 4 is 5.97 Å². The van der Waals surface area contributed by atoms with Crippen LogP contribution < -0.4 is 4.74 Å². The molecule has 1 aromatic rings. The number of esters is 1. The van der Waals surface area contributed by atoms with Crippen LogP contribution in [0.1, 0.15) is 57.3 Å². The summed E-state index contributed by atoms with van der Waals surface area (Å²) >= 11 is 0. The SMILES string of the molecule is COc1ccc(C(=O)OC2CC(C)=CC(O)C3(C)CCC(O)(C(C)C)C23)cc1. The van der Waals surface area contributed by atoms with Crippen molar-refractivity contribution in [3.63, 3.8) is 0 Å². The molecule has 0 saturated heterocycles. The van der Waals surface area contributed by atoms with Crippen LogP contribution in [0.15, 0.2) is 35.9 Å². The third-order valence-corrected chi connectivity index (χ3v) is 6.91. The normalized spacial score (nSPS) is 35.1. The lowest BCUT2D eigenvalue weighted by Gasteiger charge is -2.44.